The Bertz CT molecular complexity index is 574. The number of amides is 1. The van der Waals surface area contributed by atoms with Crippen LogP contribution in [0, 0.1) is 6.92 Å². The number of fused-ring (bicyclic) bond motifs is 1. The Morgan fingerprint density at radius 2 is 2.21 bits per heavy atom. The van der Waals surface area contributed by atoms with E-state index in [-0.39, 0.29) is 12.5 Å². The molecule has 0 spiro atoms. The quantitative estimate of drug-likeness (QED) is 0.897. The number of hydrogen-bond acceptors (Lipinski definition) is 3. The lowest BCUT2D eigenvalue weighted by molar-refractivity contribution is -0.130. The third-order valence-electron chi connectivity index (χ3n) is 3.26. The van der Waals surface area contributed by atoms with Crippen molar-refractivity contribution in [2.45, 2.75) is 20.3 Å². The number of nitrogens with zero attached hydrogens (tertiary/aromatic N) is 1. The number of furan rings is 1. The second-order valence-corrected chi connectivity index (χ2v) is 4.63. The molecule has 0 aliphatic carbocycles. The van der Waals surface area contributed by atoms with Crippen LogP contribution in [0.3, 0.4) is 0 Å². The van der Waals surface area contributed by atoms with Crippen molar-refractivity contribution >= 4 is 16.9 Å². The zero-order chi connectivity index (χ0) is 13.8. The van der Waals surface area contributed by atoms with Gasteiger partial charge < -0.3 is 14.4 Å². The van der Waals surface area contributed by atoms with Gasteiger partial charge in [-0.15, -0.1) is 0 Å². The highest BCUT2D eigenvalue weighted by atomic mass is 16.3. The lowest BCUT2D eigenvalue weighted by atomic mass is 10.1. The van der Waals surface area contributed by atoms with E-state index in [1.54, 1.807) is 11.2 Å². The molecule has 0 saturated heterocycles. The maximum atomic E-state index is 12.1. The molecular weight excluding hydrogens is 242 g/mol. The van der Waals surface area contributed by atoms with Crippen molar-refractivity contribution in [3.8, 4) is 0 Å². The van der Waals surface area contributed by atoms with Crippen LogP contribution in [0.15, 0.2) is 28.9 Å². The van der Waals surface area contributed by atoms with Gasteiger partial charge in [0.15, 0.2) is 0 Å². The topological polar surface area (TPSA) is 53.7 Å². The van der Waals surface area contributed by atoms with Crippen LogP contribution in [-0.4, -0.2) is 35.6 Å². The minimum absolute atomic E-state index is 0.00902. The first-order valence-electron chi connectivity index (χ1n) is 6.51. The number of aliphatic hydroxyl groups excluding tert-OH is 1. The molecule has 1 aromatic heterocycles. The normalized spacial score (nSPS) is 10.9. The van der Waals surface area contributed by atoms with Gasteiger partial charge in [0.2, 0.25) is 5.91 Å². The number of hydrogen-bond donors (Lipinski definition) is 1. The average molecular weight is 261 g/mol. The van der Waals surface area contributed by atoms with Gasteiger partial charge >= 0.3 is 0 Å². The van der Waals surface area contributed by atoms with Crippen LogP contribution in [0.1, 0.15) is 18.1 Å². The molecule has 0 atom stereocenters. The highest BCUT2D eigenvalue weighted by molar-refractivity contribution is 5.87. The molecule has 1 aromatic carbocycles. The molecule has 1 N–H and O–H groups in total. The van der Waals surface area contributed by atoms with Crippen molar-refractivity contribution in [1.82, 2.24) is 4.90 Å². The Hall–Kier alpha value is -1.81. The van der Waals surface area contributed by atoms with E-state index in [1.165, 1.54) is 0 Å². The van der Waals surface area contributed by atoms with E-state index in [2.05, 4.69) is 0 Å². The SMILES string of the molecule is CCN(CCO)C(=O)Cc1coc2cc(C)ccc12. The molecule has 0 unspecified atom stereocenters. The van der Waals surface area contributed by atoms with Gasteiger partial charge in [-0.05, 0) is 25.5 Å². The molecule has 4 heteroatoms. The maximum Gasteiger partial charge on any atom is 0.227 e. The number of likely N-dealkylation sites (N-methyl/N-ethyl adjacent to an activating group) is 1. The summed E-state index contributed by atoms with van der Waals surface area (Å²) in [5.74, 6) is 0.0137. The van der Waals surface area contributed by atoms with Crippen LogP contribution < -0.4 is 0 Å². The summed E-state index contributed by atoms with van der Waals surface area (Å²) in [5, 5.41) is 9.92. The number of aryl methyl sites for hydroxylation is 1. The van der Waals surface area contributed by atoms with Crippen LogP contribution >= 0.6 is 0 Å². The second kappa shape index (κ2) is 5.89. The molecule has 102 valence electrons. The molecule has 2 aromatic rings. The first kappa shape index (κ1) is 13.6. The minimum atomic E-state index is -0.00902. The summed E-state index contributed by atoms with van der Waals surface area (Å²) < 4.78 is 5.48. The lowest BCUT2D eigenvalue weighted by Crippen LogP contribution is -2.34. The molecule has 0 radical (unpaired) electrons. The molecular formula is C15H19NO3. The van der Waals surface area contributed by atoms with E-state index >= 15 is 0 Å². The number of benzene rings is 1. The average Bonchev–Trinajstić information content (AvgIpc) is 2.78. The molecule has 2 rings (SSSR count). The van der Waals surface area contributed by atoms with Crippen molar-refractivity contribution in [2.24, 2.45) is 0 Å². The Morgan fingerprint density at radius 3 is 2.89 bits per heavy atom. The van der Waals surface area contributed by atoms with Gasteiger partial charge in [-0.1, -0.05) is 12.1 Å². The molecule has 1 heterocycles. The fraction of sp³-hybridized carbons (Fsp3) is 0.400. The summed E-state index contributed by atoms with van der Waals surface area (Å²) >= 11 is 0. The van der Waals surface area contributed by atoms with Crippen molar-refractivity contribution in [3.63, 3.8) is 0 Å². The summed E-state index contributed by atoms with van der Waals surface area (Å²) in [7, 11) is 0. The first-order valence-corrected chi connectivity index (χ1v) is 6.51. The summed E-state index contributed by atoms with van der Waals surface area (Å²) in [5.41, 5.74) is 2.85. The van der Waals surface area contributed by atoms with Crippen molar-refractivity contribution in [3.05, 3.63) is 35.6 Å². The lowest BCUT2D eigenvalue weighted by Gasteiger charge is -2.19. The van der Waals surface area contributed by atoms with Crippen LogP contribution in [-0.2, 0) is 11.2 Å². The third kappa shape index (κ3) is 2.96. The summed E-state index contributed by atoms with van der Waals surface area (Å²) in [6.07, 6.45) is 1.96. The van der Waals surface area contributed by atoms with Crippen LogP contribution in [0.4, 0.5) is 0 Å². The Balaban J connectivity index is 2.19. The predicted octanol–water partition coefficient (Wildman–Crippen LogP) is 2.12. The van der Waals surface area contributed by atoms with Crippen molar-refractivity contribution in [2.75, 3.05) is 19.7 Å². The number of aliphatic hydroxyl groups is 1. The highest BCUT2D eigenvalue weighted by Gasteiger charge is 2.15. The molecule has 0 aliphatic heterocycles. The van der Waals surface area contributed by atoms with Crippen LogP contribution in [0.2, 0.25) is 0 Å². The number of rotatable bonds is 5. The largest absolute Gasteiger partial charge is 0.464 e. The minimum Gasteiger partial charge on any atom is -0.464 e. The summed E-state index contributed by atoms with van der Waals surface area (Å²) in [6, 6.07) is 5.96. The smallest absolute Gasteiger partial charge is 0.227 e. The fourth-order valence-corrected chi connectivity index (χ4v) is 2.18. The van der Waals surface area contributed by atoms with Crippen molar-refractivity contribution < 1.29 is 14.3 Å². The highest BCUT2D eigenvalue weighted by Crippen LogP contribution is 2.23. The molecule has 19 heavy (non-hydrogen) atoms. The summed E-state index contributed by atoms with van der Waals surface area (Å²) in [6.45, 7) is 4.89. The number of carbonyl (C=O) groups is 1. The van der Waals surface area contributed by atoms with Gasteiger partial charge in [0.1, 0.15) is 5.58 Å². The third-order valence-corrected chi connectivity index (χ3v) is 3.26. The van der Waals surface area contributed by atoms with Gasteiger partial charge in [-0.2, -0.15) is 0 Å². The van der Waals surface area contributed by atoms with Gasteiger partial charge in [-0.25, -0.2) is 0 Å². The molecule has 0 fully saturated rings. The van der Waals surface area contributed by atoms with E-state index < -0.39 is 0 Å². The zero-order valence-corrected chi connectivity index (χ0v) is 11.3. The first-order chi connectivity index (χ1) is 9.15. The molecule has 4 nitrogen and oxygen atoms in total. The Labute approximate surface area is 112 Å². The monoisotopic (exact) mass is 261 g/mol. The van der Waals surface area contributed by atoms with Crippen LogP contribution in [0.25, 0.3) is 11.0 Å². The van der Waals surface area contributed by atoms with Gasteiger partial charge in [0.05, 0.1) is 19.3 Å². The van der Waals surface area contributed by atoms with Crippen LogP contribution in [0.5, 0.6) is 0 Å². The molecule has 0 bridgehead atoms. The van der Waals surface area contributed by atoms with Gasteiger partial charge in [-0.3, -0.25) is 4.79 Å². The molecule has 0 saturated carbocycles. The Morgan fingerprint density at radius 1 is 1.42 bits per heavy atom. The molecule has 1 amide bonds. The van der Waals surface area contributed by atoms with E-state index in [0.717, 1.165) is 22.1 Å². The van der Waals surface area contributed by atoms with Crippen molar-refractivity contribution in [1.29, 1.82) is 0 Å². The van der Waals surface area contributed by atoms with E-state index in [4.69, 9.17) is 9.52 Å². The van der Waals surface area contributed by atoms with Gasteiger partial charge in [0, 0.05) is 24.0 Å². The fourth-order valence-electron chi connectivity index (χ4n) is 2.18. The summed E-state index contributed by atoms with van der Waals surface area (Å²) in [4.78, 5) is 13.8. The van der Waals surface area contributed by atoms with Gasteiger partial charge in [0.25, 0.3) is 0 Å². The predicted molar refractivity (Wildman–Crippen MR) is 74.0 cm³/mol. The number of carbonyl (C=O) groups excluding carboxylic acids is 1. The maximum absolute atomic E-state index is 12.1. The molecule has 0 aliphatic rings. The van der Waals surface area contributed by atoms with E-state index in [0.29, 0.717) is 19.5 Å². The Kier molecular flexibility index (Phi) is 4.22. The van der Waals surface area contributed by atoms with E-state index in [1.807, 2.05) is 32.0 Å². The standard InChI is InChI=1S/C15H19NO3/c1-3-16(6-7-17)15(18)9-12-10-19-14-8-11(2)4-5-13(12)14/h4-5,8,10,17H,3,6-7,9H2,1-2H3. The second-order valence-electron chi connectivity index (χ2n) is 4.63. The zero-order valence-electron chi connectivity index (χ0n) is 11.3. The van der Waals surface area contributed by atoms with E-state index in [9.17, 15) is 4.79 Å².